The lowest BCUT2D eigenvalue weighted by atomic mass is 9.94. The topological polar surface area (TPSA) is 61.4 Å². The molecule has 2 aromatic rings. The highest BCUT2D eigenvalue weighted by molar-refractivity contribution is 6.31. The van der Waals surface area contributed by atoms with Gasteiger partial charge < -0.3 is 10.6 Å². The van der Waals surface area contributed by atoms with E-state index in [1.807, 2.05) is 50.2 Å². The molecule has 28 heavy (non-hydrogen) atoms. The van der Waals surface area contributed by atoms with Crippen LogP contribution in [0.3, 0.4) is 0 Å². The van der Waals surface area contributed by atoms with Gasteiger partial charge in [-0.25, -0.2) is 0 Å². The van der Waals surface area contributed by atoms with Crippen LogP contribution in [0.25, 0.3) is 0 Å². The largest absolute Gasteiger partial charge is 0.326 e. The maximum Gasteiger partial charge on any atom is 0.241 e. The molecule has 3 rings (SSSR count). The molecule has 6 heteroatoms. The quantitative estimate of drug-likeness (QED) is 0.786. The molecule has 0 bridgehead atoms. The molecule has 0 spiro atoms. The molecule has 1 fully saturated rings. The zero-order valence-corrected chi connectivity index (χ0v) is 17.0. The molecule has 0 radical (unpaired) electrons. The fourth-order valence-electron chi connectivity index (χ4n) is 3.45. The first kappa shape index (κ1) is 20.4. The SMILES string of the molecule is Cc1ccc(Cl)cc1NC(=O)[C@@H](C)N1CCC(C(=O)Nc2ccccc2)CC1. The number of carbonyl (C=O) groups excluding carboxylic acids is 2. The third-order valence-electron chi connectivity index (χ3n) is 5.33. The van der Waals surface area contributed by atoms with Gasteiger partial charge in [0.15, 0.2) is 0 Å². The van der Waals surface area contributed by atoms with E-state index in [1.54, 1.807) is 12.1 Å². The Balaban J connectivity index is 1.51. The second-order valence-corrected chi connectivity index (χ2v) is 7.73. The van der Waals surface area contributed by atoms with Gasteiger partial charge in [0.2, 0.25) is 11.8 Å². The van der Waals surface area contributed by atoms with Crippen LogP contribution in [0, 0.1) is 12.8 Å². The molecule has 1 aliphatic rings. The van der Waals surface area contributed by atoms with Crippen LogP contribution in [0.5, 0.6) is 0 Å². The second kappa shape index (κ2) is 9.22. The summed E-state index contributed by atoms with van der Waals surface area (Å²) in [5.74, 6) is -0.0306. The highest BCUT2D eigenvalue weighted by Gasteiger charge is 2.30. The van der Waals surface area contributed by atoms with Crippen LogP contribution in [0.2, 0.25) is 5.02 Å². The minimum atomic E-state index is -0.267. The standard InChI is InChI=1S/C22H26ClN3O2/c1-15-8-9-18(23)14-20(15)25-21(27)16(2)26-12-10-17(11-13-26)22(28)24-19-6-4-3-5-7-19/h3-9,14,16-17H,10-13H2,1-2H3,(H,24,28)(H,25,27)/t16-/m1/s1. The first-order chi connectivity index (χ1) is 13.4. The lowest BCUT2D eigenvalue weighted by molar-refractivity contribution is -0.123. The number of para-hydroxylation sites is 1. The van der Waals surface area contributed by atoms with Crippen LogP contribution in [-0.2, 0) is 9.59 Å². The van der Waals surface area contributed by atoms with Gasteiger partial charge in [-0.15, -0.1) is 0 Å². The number of likely N-dealkylation sites (tertiary alicyclic amines) is 1. The Kier molecular flexibility index (Phi) is 6.70. The van der Waals surface area contributed by atoms with Crippen LogP contribution in [0.15, 0.2) is 48.5 Å². The number of hydrogen-bond donors (Lipinski definition) is 2. The molecule has 0 saturated carbocycles. The van der Waals surface area contributed by atoms with Crippen LogP contribution in [-0.4, -0.2) is 35.8 Å². The van der Waals surface area contributed by atoms with Crippen molar-refractivity contribution in [2.45, 2.75) is 32.7 Å². The lowest BCUT2D eigenvalue weighted by Gasteiger charge is -2.34. The highest BCUT2D eigenvalue weighted by Crippen LogP contribution is 2.23. The number of hydrogen-bond acceptors (Lipinski definition) is 3. The predicted octanol–water partition coefficient (Wildman–Crippen LogP) is 4.33. The number of halogens is 1. The zero-order valence-electron chi connectivity index (χ0n) is 16.2. The van der Waals surface area contributed by atoms with Gasteiger partial charge in [-0.1, -0.05) is 35.9 Å². The smallest absolute Gasteiger partial charge is 0.241 e. The number of amides is 2. The van der Waals surface area contributed by atoms with E-state index >= 15 is 0 Å². The summed E-state index contributed by atoms with van der Waals surface area (Å²) < 4.78 is 0. The monoisotopic (exact) mass is 399 g/mol. The number of nitrogens with one attached hydrogen (secondary N) is 2. The third-order valence-corrected chi connectivity index (χ3v) is 5.56. The Bertz CT molecular complexity index is 833. The van der Waals surface area contributed by atoms with E-state index in [2.05, 4.69) is 15.5 Å². The molecule has 2 N–H and O–H groups in total. The van der Waals surface area contributed by atoms with Gasteiger partial charge in [-0.3, -0.25) is 14.5 Å². The first-order valence-electron chi connectivity index (χ1n) is 9.61. The molecule has 148 valence electrons. The summed E-state index contributed by atoms with van der Waals surface area (Å²) in [7, 11) is 0. The molecular formula is C22H26ClN3O2. The zero-order chi connectivity index (χ0) is 20.1. The van der Waals surface area contributed by atoms with Crippen LogP contribution < -0.4 is 10.6 Å². The summed E-state index contributed by atoms with van der Waals surface area (Å²) >= 11 is 6.03. The molecule has 2 aromatic carbocycles. The van der Waals surface area contributed by atoms with E-state index in [0.717, 1.165) is 42.9 Å². The van der Waals surface area contributed by atoms with E-state index < -0.39 is 0 Å². The number of nitrogens with zero attached hydrogens (tertiary/aromatic N) is 1. The number of carbonyl (C=O) groups is 2. The van der Waals surface area contributed by atoms with E-state index in [4.69, 9.17) is 11.6 Å². The van der Waals surface area contributed by atoms with Gasteiger partial charge in [0, 0.05) is 22.3 Å². The van der Waals surface area contributed by atoms with Crippen LogP contribution in [0.4, 0.5) is 11.4 Å². The molecule has 1 aliphatic heterocycles. The van der Waals surface area contributed by atoms with Crippen molar-refractivity contribution in [2.75, 3.05) is 23.7 Å². The molecule has 1 saturated heterocycles. The maximum atomic E-state index is 12.7. The molecule has 1 heterocycles. The fraction of sp³-hybridized carbons (Fsp3) is 0.364. The molecule has 0 aromatic heterocycles. The Hall–Kier alpha value is -2.37. The average molecular weight is 400 g/mol. The summed E-state index contributed by atoms with van der Waals surface area (Å²) in [5.41, 5.74) is 2.53. The van der Waals surface area contributed by atoms with Crippen molar-refractivity contribution in [1.29, 1.82) is 0 Å². The summed E-state index contributed by atoms with van der Waals surface area (Å²) in [6.45, 7) is 5.28. The maximum absolute atomic E-state index is 12.7. The van der Waals surface area contributed by atoms with E-state index in [1.165, 1.54) is 0 Å². The highest BCUT2D eigenvalue weighted by atomic mass is 35.5. The Labute approximate surface area is 171 Å². The predicted molar refractivity (Wildman–Crippen MR) is 114 cm³/mol. The molecule has 5 nitrogen and oxygen atoms in total. The van der Waals surface area contributed by atoms with Gasteiger partial charge in [-0.2, -0.15) is 0 Å². The minimum absolute atomic E-state index is 0.0260. The Morgan fingerprint density at radius 3 is 2.43 bits per heavy atom. The van der Waals surface area contributed by atoms with Crippen molar-refractivity contribution in [3.63, 3.8) is 0 Å². The summed E-state index contributed by atoms with van der Waals surface area (Å²) in [4.78, 5) is 27.3. The first-order valence-corrected chi connectivity index (χ1v) is 9.99. The van der Waals surface area contributed by atoms with E-state index in [-0.39, 0.29) is 23.8 Å². The minimum Gasteiger partial charge on any atom is -0.326 e. The van der Waals surface area contributed by atoms with Crippen LogP contribution >= 0.6 is 11.6 Å². The van der Waals surface area contributed by atoms with Crippen molar-refractivity contribution in [3.8, 4) is 0 Å². The third kappa shape index (κ3) is 5.12. The van der Waals surface area contributed by atoms with E-state index in [0.29, 0.717) is 5.02 Å². The van der Waals surface area contributed by atoms with Crippen molar-refractivity contribution >= 4 is 34.8 Å². The van der Waals surface area contributed by atoms with E-state index in [9.17, 15) is 9.59 Å². The number of benzene rings is 2. The molecule has 0 aliphatic carbocycles. The number of aryl methyl sites for hydroxylation is 1. The fourth-order valence-corrected chi connectivity index (χ4v) is 3.62. The molecular weight excluding hydrogens is 374 g/mol. The number of rotatable bonds is 5. The number of piperidine rings is 1. The van der Waals surface area contributed by atoms with Gasteiger partial charge in [0.05, 0.1) is 6.04 Å². The van der Waals surface area contributed by atoms with Gasteiger partial charge in [-0.05, 0) is 69.6 Å². The average Bonchev–Trinajstić information content (AvgIpc) is 2.71. The molecule has 2 amide bonds. The van der Waals surface area contributed by atoms with Crippen LogP contribution in [0.1, 0.15) is 25.3 Å². The summed E-state index contributed by atoms with van der Waals surface area (Å²) in [5, 5.41) is 6.54. The van der Waals surface area contributed by atoms with Crippen molar-refractivity contribution in [1.82, 2.24) is 4.90 Å². The van der Waals surface area contributed by atoms with Crippen molar-refractivity contribution < 1.29 is 9.59 Å². The number of anilines is 2. The Morgan fingerprint density at radius 2 is 1.75 bits per heavy atom. The summed E-state index contributed by atoms with van der Waals surface area (Å²) in [6.07, 6.45) is 1.49. The van der Waals surface area contributed by atoms with Gasteiger partial charge in [0.25, 0.3) is 0 Å². The van der Waals surface area contributed by atoms with Gasteiger partial charge in [0.1, 0.15) is 0 Å². The Morgan fingerprint density at radius 1 is 1.07 bits per heavy atom. The molecule has 0 unspecified atom stereocenters. The normalized spacial score (nSPS) is 16.4. The molecule has 1 atom stereocenters. The lowest BCUT2D eigenvalue weighted by Crippen LogP contribution is -2.47. The second-order valence-electron chi connectivity index (χ2n) is 7.29. The van der Waals surface area contributed by atoms with Crippen molar-refractivity contribution in [2.24, 2.45) is 5.92 Å². The van der Waals surface area contributed by atoms with Gasteiger partial charge >= 0.3 is 0 Å². The van der Waals surface area contributed by atoms with Crippen molar-refractivity contribution in [3.05, 3.63) is 59.1 Å². The summed E-state index contributed by atoms with van der Waals surface area (Å²) in [6, 6.07) is 14.7.